The number of anilines is 2. The zero-order valence-corrected chi connectivity index (χ0v) is 18.0. The molecule has 0 bridgehead atoms. The van der Waals surface area contributed by atoms with Crippen LogP contribution < -0.4 is 15.4 Å². The van der Waals surface area contributed by atoms with Crippen molar-refractivity contribution in [3.63, 3.8) is 0 Å². The summed E-state index contributed by atoms with van der Waals surface area (Å²) in [5.41, 5.74) is 1.70. The Hall–Kier alpha value is -1.99. The molecule has 0 unspecified atom stereocenters. The highest BCUT2D eigenvalue weighted by Gasteiger charge is 2.11. The third-order valence-electron chi connectivity index (χ3n) is 3.72. The van der Waals surface area contributed by atoms with E-state index in [4.69, 9.17) is 51.8 Å². The van der Waals surface area contributed by atoms with Crippen molar-refractivity contribution < 1.29 is 4.74 Å². The Morgan fingerprint density at radius 1 is 1.07 bits per heavy atom. The normalized spacial score (nSPS) is 10.6. The van der Waals surface area contributed by atoms with E-state index in [2.05, 4.69) is 15.7 Å². The summed E-state index contributed by atoms with van der Waals surface area (Å²) in [4.78, 5) is 0. The summed E-state index contributed by atoms with van der Waals surface area (Å²) < 4.78 is 7.10. The number of hydrogen-bond donors (Lipinski definition) is 2. The van der Waals surface area contributed by atoms with E-state index in [0.717, 1.165) is 17.0 Å². The average Bonchev–Trinajstić information content (AvgIpc) is 2.98. The lowest BCUT2D eigenvalue weighted by molar-refractivity contribution is 0.340. The van der Waals surface area contributed by atoms with Gasteiger partial charge >= 0.3 is 0 Å². The molecule has 0 spiro atoms. The van der Waals surface area contributed by atoms with Crippen LogP contribution in [0.4, 0.5) is 11.5 Å². The Kier molecular flexibility index (Phi) is 7.02. The van der Waals surface area contributed by atoms with Crippen LogP contribution in [0.3, 0.4) is 0 Å². The van der Waals surface area contributed by atoms with E-state index in [9.17, 15) is 0 Å². The van der Waals surface area contributed by atoms with Gasteiger partial charge in [-0.25, -0.2) is 0 Å². The van der Waals surface area contributed by atoms with Crippen molar-refractivity contribution in [2.45, 2.75) is 13.5 Å². The van der Waals surface area contributed by atoms with Gasteiger partial charge < -0.3 is 15.4 Å². The van der Waals surface area contributed by atoms with Gasteiger partial charge in [0.2, 0.25) is 0 Å². The summed E-state index contributed by atoms with van der Waals surface area (Å²) in [5.74, 6) is 1.25. The van der Waals surface area contributed by atoms with Crippen LogP contribution in [0.1, 0.15) is 12.5 Å². The SMILES string of the molecule is CCOc1ccc(NC(=S)Nc2nn(Cc3ccc(Cl)cc3Cl)cc2Cl)cc1. The Morgan fingerprint density at radius 3 is 2.50 bits per heavy atom. The first-order valence-corrected chi connectivity index (χ1v) is 9.96. The predicted octanol–water partition coefficient (Wildman–Crippen LogP) is 6.10. The second-order valence-electron chi connectivity index (χ2n) is 5.80. The highest BCUT2D eigenvalue weighted by atomic mass is 35.5. The minimum atomic E-state index is 0.376. The third kappa shape index (κ3) is 5.52. The van der Waals surface area contributed by atoms with Crippen molar-refractivity contribution in [3.8, 4) is 5.75 Å². The Balaban J connectivity index is 1.63. The Morgan fingerprint density at radius 2 is 1.82 bits per heavy atom. The van der Waals surface area contributed by atoms with Crippen LogP contribution in [-0.2, 0) is 6.54 Å². The van der Waals surface area contributed by atoms with Crippen LogP contribution in [0.15, 0.2) is 48.7 Å². The summed E-state index contributed by atoms with van der Waals surface area (Å²) >= 11 is 23.8. The number of rotatable bonds is 6. The van der Waals surface area contributed by atoms with Gasteiger partial charge in [-0.1, -0.05) is 40.9 Å². The highest BCUT2D eigenvalue weighted by molar-refractivity contribution is 7.80. The fourth-order valence-electron chi connectivity index (χ4n) is 2.46. The largest absolute Gasteiger partial charge is 0.494 e. The summed E-state index contributed by atoms with van der Waals surface area (Å²) in [6, 6.07) is 12.8. The fourth-order valence-corrected chi connectivity index (χ4v) is 3.34. The van der Waals surface area contributed by atoms with Crippen molar-refractivity contribution in [3.05, 3.63) is 69.3 Å². The molecule has 0 aliphatic rings. The number of hydrogen-bond acceptors (Lipinski definition) is 3. The highest BCUT2D eigenvalue weighted by Crippen LogP contribution is 2.24. The lowest BCUT2D eigenvalue weighted by Gasteiger charge is -2.10. The molecule has 2 N–H and O–H groups in total. The van der Waals surface area contributed by atoms with Crippen LogP contribution in [0.2, 0.25) is 15.1 Å². The molecule has 146 valence electrons. The van der Waals surface area contributed by atoms with Crippen LogP contribution in [-0.4, -0.2) is 21.5 Å². The second kappa shape index (κ2) is 9.47. The molecule has 5 nitrogen and oxygen atoms in total. The Labute approximate surface area is 183 Å². The van der Waals surface area contributed by atoms with E-state index >= 15 is 0 Å². The number of thiocarbonyl (C=S) groups is 1. The van der Waals surface area contributed by atoms with Gasteiger partial charge in [-0.3, -0.25) is 4.68 Å². The monoisotopic (exact) mass is 454 g/mol. The topological polar surface area (TPSA) is 51.1 Å². The van der Waals surface area contributed by atoms with Gasteiger partial charge in [0.15, 0.2) is 10.9 Å². The maximum atomic E-state index is 6.27. The molecule has 0 saturated carbocycles. The number of ether oxygens (including phenoxy) is 1. The van der Waals surface area contributed by atoms with Crippen LogP contribution >= 0.6 is 47.0 Å². The molecule has 0 aliphatic carbocycles. The molecule has 28 heavy (non-hydrogen) atoms. The molecule has 3 rings (SSSR count). The van der Waals surface area contributed by atoms with Gasteiger partial charge in [0.1, 0.15) is 10.8 Å². The molecular weight excluding hydrogens is 439 g/mol. The van der Waals surface area contributed by atoms with E-state index in [-0.39, 0.29) is 0 Å². The van der Waals surface area contributed by atoms with Crippen molar-refractivity contribution in [2.24, 2.45) is 0 Å². The number of halogens is 3. The van der Waals surface area contributed by atoms with Gasteiger partial charge in [-0.15, -0.1) is 0 Å². The molecule has 2 aromatic carbocycles. The number of benzene rings is 2. The third-order valence-corrected chi connectivity index (χ3v) is 4.79. The fraction of sp³-hybridized carbons (Fsp3) is 0.158. The van der Waals surface area contributed by atoms with E-state index in [1.54, 1.807) is 23.0 Å². The minimum Gasteiger partial charge on any atom is -0.494 e. The smallest absolute Gasteiger partial charge is 0.176 e. The Bertz CT molecular complexity index is 976. The molecule has 1 heterocycles. The van der Waals surface area contributed by atoms with Gasteiger partial charge in [0.05, 0.1) is 13.2 Å². The lowest BCUT2D eigenvalue weighted by atomic mass is 10.2. The minimum absolute atomic E-state index is 0.376. The summed E-state index contributed by atoms with van der Waals surface area (Å²) in [5, 5.41) is 12.5. The zero-order chi connectivity index (χ0) is 20.1. The molecule has 1 aromatic heterocycles. The average molecular weight is 456 g/mol. The zero-order valence-electron chi connectivity index (χ0n) is 14.9. The van der Waals surface area contributed by atoms with Gasteiger partial charge in [-0.2, -0.15) is 5.10 Å². The molecule has 9 heteroatoms. The molecule has 0 radical (unpaired) electrons. The summed E-state index contributed by atoms with van der Waals surface area (Å²) in [6.45, 7) is 3.01. The molecule has 0 saturated heterocycles. The molecular formula is C19H17Cl3N4OS. The quantitative estimate of drug-likeness (QED) is 0.440. The number of aromatic nitrogens is 2. The van der Waals surface area contributed by atoms with Crippen molar-refractivity contribution in [2.75, 3.05) is 17.2 Å². The number of nitrogens with zero attached hydrogens (tertiary/aromatic N) is 2. The summed E-state index contributed by atoms with van der Waals surface area (Å²) in [7, 11) is 0. The lowest BCUT2D eigenvalue weighted by Crippen LogP contribution is -2.19. The van der Waals surface area contributed by atoms with E-state index in [0.29, 0.717) is 39.1 Å². The van der Waals surface area contributed by atoms with E-state index in [1.165, 1.54) is 0 Å². The van der Waals surface area contributed by atoms with Crippen LogP contribution in [0.25, 0.3) is 0 Å². The predicted molar refractivity (Wildman–Crippen MR) is 120 cm³/mol. The first-order chi connectivity index (χ1) is 13.4. The molecule has 0 fully saturated rings. The summed E-state index contributed by atoms with van der Waals surface area (Å²) in [6.07, 6.45) is 1.70. The molecule has 3 aromatic rings. The van der Waals surface area contributed by atoms with Gasteiger partial charge in [-0.05, 0) is 61.1 Å². The van der Waals surface area contributed by atoms with Gasteiger partial charge in [0.25, 0.3) is 0 Å². The van der Waals surface area contributed by atoms with Crippen molar-refractivity contribution in [1.82, 2.24) is 9.78 Å². The van der Waals surface area contributed by atoms with Crippen molar-refractivity contribution >= 4 is 63.6 Å². The first-order valence-electron chi connectivity index (χ1n) is 8.42. The maximum absolute atomic E-state index is 6.27. The first kappa shape index (κ1) is 20.7. The molecule has 0 amide bonds. The molecule has 0 atom stereocenters. The standard InChI is InChI=1S/C19H17Cl3N4OS/c1-2-27-15-7-5-14(6-8-15)23-19(28)24-18-17(22)11-26(25-18)10-12-3-4-13(20)9-16(12)21/h3-9,11H,2,10H2,1H3,(H2,23,24,25,28). The number of nitrogens with one attached hydrogen (secondary N) is 2. The second-order valence-corrected chi connectivity index (χ2v) is 7.45. The molecule has 0 aliphatic heterocycles. The van der Waals surface area contributed by atoms with Crippen LogP contribution in [0.5, 0.6) is 5.75 Å². The van der Waals surface area contributed by atoms with E-state index < -0.39 is 0 Å². The maximum Gasteiger partial charge on any atom is 0.176 e. The van der Waals surface area contributed by atoms with Gasteiger partial charge in [0, 0.05) is 21.9 Å². The van der Waals surface area contributed by atoms with Crippen LogP contribution in [0, 0.1) is 0 Å². The van der Waals surface area contributed by atoms with Crippen molar-refractivity contribution in [1.29, 1.82) is 0 Å². The van der Waals surface area contributed by atoms with E-state index in [1.807, 2.05) is 37.3 Å².